The Hall–Kier alpha value is -3.95. The van der Waals surface area contributed by atoms with Gasteiger partial charge in [-0.1, -0.05) is 29.3 Å². The summed E-state index contributed by atoms with van der Waals surface area (Å²) in [5, 5.41) is 7.54. The van der Waals surface area contributed by atoms with E-state index in [1.165, 1.54) is 6.21 Å². The number of nitrogens with zero attached hydrogens (tertiary/aromatic N) is 1. The molecule has 0 fully saturated rings. The van der Waals surface area contributed by atoms with Crippen molar-refractivity contribution >= 4 is 41.2 Å². The molecule has 0 aliphatic carbocycles. The van der Waals surface area contributed by atoms with Gasteiger partial charge in [-0.25, -0.2) is 5.43 Å². The van der Waals surface area contributed by atoms with Crippen LogP contribution in [0.3, 0.4) is 0 Å². The van der Waals surface area contributed by atoms with Crippen molar-refractivity contribution in [1.82, 2.24) is 10.7 Å². The SMILES string of the molecule is CCOc1cc(/C=N/NC(=O)CNC(=O)c2ccc3c(c2)OCO3)ccc1OCc1ccc(Cl)cc1Cl. The molecule has 3 aromatic carbocycles. The van der Waals surface area contributed by atoms with Crippen molar-refractivity contribution in [2.75, 3.05) is 19.9 Å². The maximum atomic E-state index is 12.3. The van der Waals surface area contributed by atoms with Gasteiger partial charge in [-0.3, -0.25) is 9.59 Å². The quantitative estimate of drug-likeness (QED) is 0.286. The zero-order valence-electron chi connectivity index (χ0n) is 19.8. The molecule has 3 aromatic rings. The molecule has 0 saturated heterocycles. The summed E-state index contributed by atoms with van der Waals surface area (Å²) >= 11 is 12.2. The predicted molar refractivity (Wildman–Crippen MR) is 139 cm³/mol. The van der Waals surface area contributed by atoms with Crippen LogP contribution in [0.5, 0.6) is 23.0 Å². The number of hydrazone groups is 1. The largest absolute Gasteiger partial charge is 0.490 e. The van der Waals surface area contributed by atoms with E-state index in [-0.39, 0.29) is 19.9 Å². The van der Waals surface area contributed by atoms with Crippen molar-refractivity contribution in [2.24, 2.45) is 5.10 Å². The van der Waals surface area contributed by atoms with Crippen molar-refractivity contribution in [3.63, 3.8) is 0 Å². The van der Waals surface area contributed by atoms with Gasteiger partial charge in [0.2, 0.25) is 6.79 Å². The summed E-state index contributed by atoms with van der Waals surface area (Å²) in [6.45, 7) is 2.38. The van der Waals surface area contributed by atoms with E-state index >= 15 is 0 Å². The van der Waals surface area contributed by atoms with Crippen molar-refractivity contribution in [1.29, 1.82) is 0 Å². The number of carbonyl (C=O) groups is 2. The minimum Gasteiger partial charge on any atom is -0.490 e. The Bertz CT molecular complexity index is 1330. The van der Waals surface area contributed by atoms with E-state index in [9.17, 15) is 9.59 Å². The molecule has 192 valence electrons. The number of hydrogen-bond donors (Lipinski definition) is 2. The van der Waals surface area contributed by atoms with Crippen molar-refractivity contribution in [3.05, 3.63) is 81.3 Å². The predicted octanol–water partition coefficient (Wildman–Crippen LogP) is 4.58. The molecule has 1 aliphatic rings. The number of fused-ring (bicyclic) bond motifs is 1. The fourth-order valence-electron chi connectivity index (χ4n) is 3.31. The van der Waals surface area contributed by atoms with E-state index < -0.39 is 11.8 Å². The maximum Gasteiger partial charge on any atom is 0.259 e. The van der Waals surface area contributed by atoms with Crippen molar-refractivity contribution < 1.29 is 28.5 Å². The fraction of sp³-hybridized carbons (Fsp3) is 0.192. The third-order valence-electron chi connectivity index (χ3n) is 5.11. The molecule has 4 rings (SSSR count). The molecule has 11 heteroatoms. The maximum absolute atomic E-state index is 12.3. The van der Waals surface area contributed by atoms with Crippen LogP contribution in [0.1, 0.15) is 28.4 Å². The standard InChI is InChI=1S/C26H23Cl2N3O6/c1-2-34-23-9-16(3-7-21(23)35-14-18-4-6-19(27)11-20(18)28)12-30-31-25(32)13-29-26(33)17-5-8-22-24(10-17)37-15-36-22/h3-12H,2,13-15H2,1H3,(H,29,33)(H,31,32)/b30-12+. The number of hydrogen-bond acceptors (Lipinski definition) is 7. The van der Waals surface area contributed by atoms with Crippen LogP contribution in [-0.4, -0.2) is 38.0 Å². The van der Waals surface area contributed by atoms with Gasteiger partial charge in [0.1, 0.15) is 6.61 Å². The smallest absolute Gasteiger partial charge is 0.259 e. The molecule has 37 heavy (non-hydrogen) atoms. The second kappa shape index (κ2) is 12.3. The summed E-state index contributed by atoms with van der Waals surface area (Å²) in [6.07, 6.45) is 1.46. The van der Waals surface area contributed by atoms with Crippen LogP contribution in [0.25, 0.3) is 0 Å². The third-order valence-corrected chi connectivity index (χ3v) is 5.70. The molecule has 2 N–H and O–H groups in total. The molecule has 2 amide bonds. The average Bonchev–Trinajstić information content (AvgIpc) is 3.36. The van der Waals surface area contributed by atoms with Gasteiger partial charge in [0.15, 0.2) is 23.0 Å². The summed E-state index contributed by atoms with van der Waals surface area (Å²) in [5.41, 5.74) is 4.18. The molecule has 0 spiro atoms. The lowest BCUT2D eigenvalue weighted by Gasteiger charge is -2.13. The lowest BCUT2D eigenvalue weighted by atomic mass is 10.2. The first-order chi connectivity index (χ1) is 17.9. The highest BCUT2D eigenvalue weighted by molar-refractivity contribution is 6.35. The Kier molecular flexibility index (Phi) is 8.71. The highest BCUT2D eigenvalue weighted by Crippen LogP contribution is 2.32. The van der Waals surface area contributed by atoms with E-state index in [1.54, 1.807) is 54.6 Å². The van der Waals surface area contributed by atoms with Crippen LogP contribution in [0.2, 0.25) is 10.0 Å². The number of nitrogens with one attached hydrogen (secondary N) is 2. The van der Waals surface area contributed by atoms with Crippen LogP contribution in [0.4, 0.5) is 0 Å². The zero-order valence-corrected chi connectivity index (χ0v) is 21.3. The lowest BCUT2D eigenvalue weighted by molar-refractivity contribution is -0.120. The van der Waals surface area contributed by atoms with E-state index in [0.717, 1.165) is 5.56 Å². The number of benzene rings is 3. The topological polar surface area (TPSA) is 107 Å². The molecular formula is C26H23Cl2N3O6. The molecule has 0 atom stereocenters. The average molecular weight is 544 g/mol. The van der Waals surface area contributed by atoms with Gasteiger partial charge in [0.05, 0.1) is 19.4 Å². The highest BCUT2D eigenvalue weighted by atomic mass is 35.5. The van der Waals surface area contributed by atoms with Gasteiger partial charge in [-0.2, -0.15) is 5.10 Å². The first-order valence-electron chi connectivity index (χ1n) is 11.3. The van der Waals surface area contributed by atoms with Gasteiger partial charge in [-0.15, -0.1) is 0 Å². The van der Waals surface area contributed by atoms with Gasteiger partial charge >= 0.3 is 0 Å². The normalized spacial score (nSPS) is 11.9. The zero-order chi connectivity index (χ0) is 26.2. The molecule has 1 heterocycles. The Morgan fingerprint density at radius 2 is 1.84 bits per heavy atom. The second-order valence-corrected chi connectivity index (χ2v) is 8.55. The summed E-state index contributed by atoms with van der Waals surface area (Å²) in [4.78, 5) is 24.4. The van der Waals surface area contributed by atoms with E-state index in [4.69, 9.17) is 42.1 Å². The number of carbonyl (C=O) groups excluding carboxylic acids is 2. The molecular weight excluding hydrogens is 521 g/mol. The van der Waals surface area contributed by atoms with Gasteiger partial charge < -0.3 is 24.3 Å². The minimum absolute atomic E-state index is 0.112. The van der Waals surface area contributed by atoms with E-state index in [0.29, 0.717) is 50.8 Å². The lowest BCUT2D eigenvalue weighted by Crippen LogP contribution is -2.34. The summed E-state index contributed by atoms with van der Waals surface area (Å²) in [6, 6.07) is 15.2. The first-order valence-corrected chi connectivity index (χ1v) is 12.0. The summed E-state index contributed by atoms with van der Waals surface area (Å²) in [7, 11) is 0. The van der Waals surface area contributed by atoms with E-state index in [1.807, 2.05) is 6.92 Å². The molecule has 1 aliphatic heterocycles. The van der Waals surface area contributed by atoms with Gasteiger partial charge in [0.25, 0.3) is 11.8 Å². The van der Waals surface area contributed by atoms with Crippen molar-refractivity contribution in [2.45, 2.75) is 13.5 Å². The Morgan fingerprint density at radius 1 is 1.00 bits per heavy atom. The number of ether oxygens (including phenoxy) is 4. The second-order valence-electron chi connectivity index (χ2n) is 7.71. The van der Waals surface area contributed by atoms with Crippen LogP contribution in [-0.2, 0) is 11.4 Å². The highest BCUT2D eigenvalue weighted by Gasteiger charge is 2.16. The minimum atomic E-state index is -0.491. The van der Waals surface area contributed by atoms with Crippen LogP contribution < -0.4 is 29.7 Å². The van der Waals surface area contributed by atoms with Gasteiger partial charge in [-0.05, 0) is 61.0 Å². The Morgan fingerprint density at radius 3 is 2.65 bits per heavy atom. The molecule has 0 bridgehead atoms. The Balaban J connectivity index is 1.29. The third kappa shape index (κ3) is 7.05. The van der Waals surface area contributed by atoms with Crippen LogP contribution in [0.15, 0.2) is 59.7 Å². The molecule has 0 radical (unpaired) electrons. The van der Waals surface area contributed by atoms with Crippen LogP contribution in [0, 0.1) is 0 Å². The van der Waals surface area contributed by atoms with Crippen molar-refractivity contribution in [3.8, 4) is 23.0 Å². The fourth-order valence-corrected chi connectivity index (χ4v) is 3.77. The molecule has 9 nitrogen and oxygen atoms in total. The molecule has 0 saturated carbocycles. The number of amides is 2. The molecule has 0 aromatic heterocycles. The number of halogens is 2. The van der Waals surface area contributed by atoms with Gasteiger partial charge in [0, 0.05) is 21.2 Å². The summed E-state index contributed by atoms with van der Waals surface area (Å²) < 4.78 is 22.0. The van der Waals surface area contributed by atoms with Crippen LogP contribution >= 0.6 is 23.2 Å². The van der Waals surface area contributed by atoms with E-state index in [2.05, 4.69) is 15.8 Å². The Labute approximate surface area is 223 Å². The first kappa shape index (κ1) is 26.1. The summed E-state index contributed by atoms with van der Waals surface area (Å²) in [5.74, 6) is 1.18. The molecule has 0 unspecified atom stereocenters. The number of rotatable bonds is 10. The monoisotopic (exact) mass is 543 g/mol.